The fourth-order valence-corrected chi connectivity index (χ4v) is 3.55. The molecule has 27 heavy (non-hydrogen) atoms. The van der Waals surface area contributed by atoms with Crippen LogP contribution in [-0.4, -0.2) is 23.2 Å². The lowest BCUT2D eigenvalue weighted by molar-refractivity contribution is -0.116. The molecule has 1 atom stereocenters. The maximum absolute atomic E-state index is 12.2. The van der Waals surface area contributed by atoms with Crippen molar-refractivity contribution in [3.05, 3.63) is 70.9 Å². The molecular weight excluding hydrogens is 342 g/mol. The van der Waals surface area contributed by atoms with Gasteiger partial charge < -0.3 is 14.8 Å². The summed E-state index contributed by atoms with van der Waals surface area (Å²) in [7, 11) is 1.62. The van der Waals surface area contributed by atoms with Gasteiger partial charge in [-0.1, -0.05) is 42.5 Å². The van der Waals surface area contributed by atoms with Gasteiger partial charge in [-0.25, -0.2) is 0 Å². The second kappa shape index (κ2) is 7.15. The largest absolute Gasteiger partial charge is 0.493 e. The molecule has 1 unspecified atom stereocenters. The van der Waals surface area contributed by atoms with Crippen molar-refractivity contribution >= 4 is 11.7 Å². The van der Waals surface area contributed by atoms with Crippen LogP contribution in [0.4, 0.5) is 5.82 Å². The average Bonchev–Trinajstić information content (AvgIpc) is 3.06. The van der Waals surface area contributed by atoms with E-state index in [0.29, 0.717) is 30.3 Å². The first-order chi connectivity index (χ1) is 13.2. The highest BCUT2D eigenvalue weighted by atomic mass is 16.5. The molecule has 1 aliphatic heterocycles. The molecule has 3 aromatic rings. The van der Waals surface area contributed by atoms with Gasteiger partial charge in [0.05, 0.1) is 7.11 Å². The molecule has 1 amide bonds. The molecule has 0 aliphatic carbocycles. The predicted octanol–water partition coefficient (Wildman–Crippen LogP) is 3.78. The number of amides is 1. The third kappa shape index (κ3) is 3.26. The first kappa shape index (κ1) is 17.1. The second-order valence-corrected chi connectivity index (χ2v) is 6.57. The van der Waals surface area contributed by atoms with Gasteiger partial charge in [-0.2, -0.15) is 5.10 Å². The number of H-pyrrole nitrogens is 1. The molecule has 4 rings (SSSR count). The van der Waals surface area contributed by atoms with Crippen molar-refractivity contribution in [2.45, 2.75) is 25.9 Å². The zero-order valence-corrected chi connectivity index (χ0v) is 15.3. The molecule has 2 N–H and O–H groups in total. The molecule has 6 heteroatoms. The van der Waals surface area contributed by atoms with Crippen molar-refractivity contribution in [2.75, 3.05) is 12.4 Å². The number of aryl methyl sites for hydroxylation is 1. The smallest absolute Gasteiger partial charge is 0.226 e. The van der Waals surface area contributed by atoms with Gasteiger partial charge in [0.25, 0.3) is 0 Å². The Morgan fingerprint density at radius 1 is 1.15 bits per heavy atom. The minimum absolute atomic E-state index is 0.0594. The molecule has 0 spiro atoms. The summed E-state index contributed by atoms with van der Waals surface area (Å²) in [4.78, 5) is 12.2. The minimum atomic E-state index is -0.145. The molecule has 0 radical (unpaired) electrons. The summed E-state index contributed by atoms with van der Waals surface area (Å²) in [6.07, 6.45) is 0.336. The van der Waals surface area contributed by atoms with Crippen LogP contribution in [0.1, 0.15) is 34.7 Å². The number of carbonyl (C=O) groups excluding carboxylic acids is 1. The number of carbonyl (C=O) groups is 1. The summed E-state index contributed by atoms with van der Waals surface area (Å²) < 4.78 is 11.7. The van der Waals surface area contributed by atoms with Crippen LogP contribution in [0.2, 0.25) is 0 Å². The monoisotopic (exact) mass is 363 g/mol. The quantitative estimate of drug-likeness (QED) is 0.723. The fraction of sp³-hybridized carbons (Fsp3) is 0.238. The molecule has 6 nitrogen and oxygen atoms in total. The molecule has 0 saturated carbocycles. The standard InChI is InChI=1S/C21H21N3O3/c1-13-19-16(11-18(25)22-21(19)24-23-13)15-9-6-10-17(26-2)20(15)27-12-14-7-4-3-5-8-14/h3-10,16H,11-12H2,1-2H3,(H2,22,23,24,25). The van der Waals surface area contributed by atoms with E-state index < -0.39 is 0 Å². The Hall–Kier alpha value is -3.28. The van der Waals surface area contributed by atoms with Gasteiger partial charge in [0.15, 0.2) is 17.3 Å². The van der Waals surface area contributed by atoms with Gasteiger partial charge in [0.1, 0.15) is 6.61 Å². The van der Waals surface area contributed by atoms with E-state index in [-0.39, 0.29) is 11.8 Å². The first-order valence-electron chi connectivity index (χ1n) is 8.85. The Labute approximate surface area is 157 Å². The Morgan fingerprint density at radius 2 is 1.96 bits per heavy atom. The molecule has 2 heterocycles. The predicted molar refractivity (Wildman–Crippen MR) is 102 cm³/mol. The average molecular weight is 363 g/mol. The third-order valence-electron chi connectivity index (χ3n) is 4.82. The van der Waals surface area contributed by atoms with E-state index in [1.54, 1.807) is 7.11 Å². The topological polar surface area (TPSA) is 76.2 Å². The first-order valence-corrected chi connectivity index (χ1v) is 8.85. The van der Waals surface area contributed by atoms with Crippen LogP contribution in [0, 0.1) is 6.92 Å². The van der Waals surface area contributed by atoms with Crippen LogP contribution in [-0.2, 0) is 11.4 Å². The van der Waals surface area contributed by atoms with Crippen molar-refractivity contribution in [3.8, 4) is 11.5 Å². The summed E-state index contributed by atoms with van der Waals surface area (Å²) in [5, 5.41) is 10.0. The summed E-state index contributed by atoms with van der Waals surface area (Å²) in [6.45, 7) is 2.38. The molecule has 1 aromatic heterocycles. The van der Waals surface area contributed by atoms with Gasteiger partial charge in [0.2, 0.25) is 5.91 Å². The fourth-order valence-electron chi connectivity index (χ4n) is 3.55. The van der Waals surface area contributed by atoms with Crippen LogP contribution < -0.4 is 14.8 Å². The SMILES string of the molecule is COc1cccc(C2CC(=O)Nc3n[nH]c(C)c32)c1OCc1ccccc1. The van der Waals surface area contributed by atoms with Gasteiger partial charge >= 0.3 is 0 Å². The zero-order chi connectivity index (χ0) is 18.8. The highest BCUT2D eigenvalue weighted by molar-refractivity contribution is 5.94. The third-order valence-corrected chi connectivity index (χ3v) is 4.82. The number of aromatic amines is 1. The summed E-state index contributed by atoms with van der Waals surface area (Å²) in [6, 6.07) is 15.7. The van der Waals surface area contributed by atoms with E-state index in [0.717, 1.165) is 22.4 Å². The van der Waals surface area contributed by atoms with Crippen LogP contribution in [0.25, 0.3) is 0 Å². The van der Waals surface area contributed by atoms with Gasteiger partial charge in [-0.05, 0) is 18.6 Å². The summed E-state index contributed by atoms with van der Waals surface area (Å²) in [5.41, 5.74) is 3.92. The number of rotatable bonds is 5. The highest BCUT2D eigenvalue weighted by Crippen LogP contribution is 2.44. The van der Waals surface area contributed by atoms with Crippen LogP contribution in [0.5, 0.6) is 11.5 Å². The van der Waals surface area contributed by atoms with Crippen molar-refractivity contribution in [1.29, 1.82) is 0 Å². The molecular formula is C21H21N3O3. The van der Waals surface area contributed by atoms with Crippen molar-refractivity contribution < 1.29 is 14.3 Å². The van der Waals surface area contributed by atoms with Crippen LogP contribution >= 0.6 is 0 Å². The number of hydrogen-bond donors (Lipinski definition) is 2. The number of nitrogens with one attached hydrogen (secondary N) is 2. The second-order valence-electron chi connectivity index (χ2n) is 6.57. The number of fused-ring (bicyclic) bond motifs is 1. The Kier molecular flexibility index (Phi) is 4.54. The Bertz CT molecular complexity index is 966. The minimum Gasteiger partial charge on any atom is -0.493 e. The van der Waals surface area contributed by atoms with Gasteiger partial charge in [0, 0.05) is 29.2 Å². The van der Waals surface area contributed by atoms with Gasteiger partial charge in [-0.3, -0.25) is 9.89 Å². The number of nitrogens with zero attached hydrogens (tertiary/aromatic N) is 1. The lowest BCUT2D eigenvalue weighted by Gasteiger charge is -2.25. The van der Waals surface area contributed by atoms with Crippen molar-refractivity contribution in [3.63, 3.8) is 0 Å². The highest BCUT2D eigenvalue weighted by Gasteiger charge is 2.33. The maximum atomic E-state index is 12.2. The number of aromatic nitrogens is 2. The molecule has 2 aromatic carbocycles. The van der Waals surface area contributed by atoms with E-state index in [4.69, 9.17) is 9.47 Å². The maximum Gasteiger partial charge on any atom is 0.226 e. The lowest BCUT2D eigenvalue weighted by atomic mass is 9.85. The number of benzene rings is 2. The van der Waals surface area contributed by atoms with Crippen molar-refractivity contribution in [1.82, 2.24) is 10.2 Å². The molecule has 0 bridgehead atoms. The number of ether oxygens (including phenoxy) is 2. The van der Waals surface area contributed by atoms with E-state index in [1.807, 2.05) is 55.5 Å². The molecule has 138 valence electrons. The summed E-state index contributed by atoms with van der Waals surface area (Å²) >= 11 is 0. The van der Waals surface area contributed by atoms with E-state index in [1.165, 1.54) is 0 Å². The molecule has 0 fully saturated rings. The molecule has 1 aliphatic rings. The summed E-state index contributed by atoms with van der Waals surface area (Å²) in [5.74, 6) is 1.70. The Morgan fingerprint density at radius 3 is 2.74 bits per heavy atom. The number of hydrogen-bond acceptors (Lipinski definition) is 4. The Balaban J connectivity index is 1.75. The number of methoxy groups -OCH3 is 1. The van der Waals surface area contributed by atoms with E-state index in [2.05, 4.69) is 15.5 Å². The van der Waals surface area contributed by atoms with Crippen molar-refractivity contribution in [2.24, 2.45) is 0 Å². The number of para-hydroxylation sites is 1. The normalized spacial score (nSPS) is 15.8. The zero-order valence-electron chi connectivity index (χ0n) is 15.3. The number of anilines is 1. The lowest BCUT2D eigenvalue weighted by Crippen LogP contribution is -2.24. The van der Waals surface area contributed by atoms with Gasteiger partial charge in [-0.15, -0.1) is 0 Å². The van der Waals surface area contributed by atoms with E-state index in [9.17, 15) is 4.79 Å². The van der Waals surface area contributed by atoms with Crippen LogP contribution in [0.15, 0.2) is 48.5 Å². The van der Waals surface area contributed by atoms with Crippen LogP contribution in [0.3, 0.4) is 0 Å². The van der Waals surface area contributed by atoms with E-state index >= 15 is 0 Å². The molecule has 0 saturated heterocycles.